The van der Waals surface area contributed by atoms with E-state index in [1.807, 2.05) is 13.1 Å². The lowest BCUT2D eigenvalue weighted by Crippen LogP contribution is -2.15. The average Bonchev–Trinajstić information content (AvgIpc) is 2.61. The van der Waals surface area contributed by atoms with Gasteiger partial charge >= 0.3 is 0 Å². The van der Waals surface area contributed by atoms with E-state index in [-0.39, 0.29) is 0 Å². The lowest BCUT2D eigenvalue weighted by molar-refractivity contribution is 0.609. The highest BCUT2D eigenvalue weighted by Gasteiger charge is 2.13. The van der Waals surface area contributed by atoms with Crippen molar-refractivity contribution >= 4 is 22.5 Å². The van der Waals surface area contributed by atoms with Gasteiger partial charge in [-0.1, -0.05) is 17.7 Å². The third-order valence-corrected chi connectivity index (χ3v) is 3.71. The summed E-state index contributed by atoms with van der Waals surface area (Å²) in [6.45, 7) is 4.23. The highest BCUT2D eigenvalue weighted by Crippen LogP contribution is 2.29. The van der Waals surface area contributed by atoms with E-state index in [4.69, 9.17) is 11.6 Å². The molecule has 2 rings (SSSR count). The first-order valence-corrected chi connectivity index (χ1v) is 5.85. The Hall–Kier alpha value is -0.990. The summed E-state index contributed by atoms with van der Waals surface area (Å²) in [4.78, 5) is 0. The van der Waals surface area contributed by atoms with Gasteiger partial charge in [0, 0.05) is 29.2 Å². The SMILES string of the molecule is CNC(C)c1cc2ccc(Cl)c(C)c2n1C. The number of hydrogen-bond donors (Lipinski definition) is 1. The standard InChI is InChI=1S/C13H17ClN2/c1-8-11(14)6-5-10-7-12(9(2)15-3)16(4)13(8)10/h5-7,9,15H,1-4H3. The van der Waals surface area contributed by atoms with Crippen LogP contribution in [0.3, 0.4) is 0 Å². The Morgan fingerprint density at radius 3 is 2.69 bits per heavy atom. The molecular formula is C13H17ClN2. The lowest BCUT2D eigenvalue weighted by atomic mass is 10.1. The maximum absolute atomic E-state index is 6.15. The van der Waals surface area contributed by atoms with Gasteiger partial charge < -0.3 is 9.88 Å². The third-order valence-electron chi connectivity index (χ3n) is 3.30. The van der Waals surface area contributed by atoms with E-state index in [9.17, 15) is 0 Å². The Morgan fingerprint density at radius 2 is 2.06 bits per heavy atom. The molecule has 16 heavy (non-hydrogen) atoms. The summed E-state index contributed by atoms with van der Waals surface area (Å²) >= 11 is 6.15. The van der Waals surface area contributed by atoms with Crippen LogP contribution >= 0.6 is 11.6 Å². The van der Waals surface area contributed by atoms with E-state index in [1.165, 1.54) is 16.6 Å². The minimum Gasteiger partial charge on any atom is -0.346 e. The topological polar surface area (TPSA) is 17.0 Å². The summed E-state index contributed by atoms with van der Waals surface area (Å²) in [6.07, 6.45) is 0. The van der Waals surface area contributed by atoms with Crippen LogP contribution in [0.4, 0.5) is 0 Å². The molecule has 0 fully saturated rings. The summed E-state index contributed by atoms with van der Waals surface area (Å²) in [5, 5.41) is 5.35. The van der Waals surface area contributed by atoms with Crippen molar-refractivity contribution in [2.24, 2.45) is 7.05 Å². The molecule has 2 aromatic rings. The van der Waals surface area contributed by atoms with Gasteiger partial charge in [-0.2, -0.15) is 0 Å². The van der Waals surface area contributed by atoms with Crippen molar-refractivity contribution < 1.29 is 0 Å². The van der Waals surface area contributed by atoms with Gasteiger partial charge in [-0.3, -0.25) is 0 Å². The number of hydrogen-bond acceptors (Lipinski definition) is 1. The van der Waals surface area contributed by atoms with Crippen LogP contribution in [-0.4, -0.2) is 11.6 Å². The predicted molar refractivity (Wildman–Crippen MR) is 70.1 cm³/mol. The van der Waals surface area contributed by atoms with Crippen LogP contribution in [0.15, 0.2) is 18.2 Å². The van der Waals surface area contributed by atoms with Gasteiger partial charge in [-0.15, -0.1) is 0 Å². The van der Waals surface area contributed by atoms with Crippen LogP contribution in [0.25, 0.3) is 10.9 Å². The average molecular weight is 237 g/mol. The zero-order valence-corrected chi connectivity index (χ0v) is 10.9. The summed E-state index contributed by atoms with van der Waals surface area (Å²) in [5.74, 6) is 0. The molecule has 1 atom stereocenters. The molecule has 0 aliphatic heterocycles. The first-order chi connectivity index (χ1) is 7.56. The molecule has 2 nitrogen and oxygen atoms in total. The highest BCUT2D eigenvalue weighted by atomic mass is 35.5. The van der Waals surface area contributed by atoms with E-state index < -0.39 is 0 Å². The van der Waals surface area contributed by atoms with E-state index in [1.54, 1.807) is 0 Å². The molecule has 0 saturated carbocycles. The number of halogens is 1. The molecule has 0 radical (unpaired) electrons. The summed E-state index contributed by atoms with van der Waals surface area (Å²) in [7, 11) is 4.07. The Morgan fingerprint density at radius 1 is 1.38 bits per heavy atom. The largest absolute Gasteiger partial charge is 0.346 e. The number of aryl methyl sites for hydroxylation is 2. The molecule has 0 spiro atoms. The van der Waals surface area contributed by atoms with Crippen molar-refractivity contribution in [3.63, 3.8) is 0 Å². The van der Waals surface area contributed by atoms with Gasteiger partial charge in [-0.25, -0.2) is 0 Å². The molecule has 3 heteroatoms. The van der Waals surface area contributed by atoms with Crippen molar-refractivity contribution in [3.05, 3.63) is 34.5 Å². The molecular weight excluding hydrogens is 220 g/mol. The van der Waals surface area contributed by atoms with Gasteiger partial charge in [0.25, 0.3) is 0 Å². The van der Waals surface area contributed by atoms with Crippen molar-refractivity contribution in [2.45, 2.75) is 19.9 Å². The normalized spacial score (nSPS) is 13.3. The quantitative estimate of drug-likeness (QED) is 0.846. The Kier molecular flexibility index (Phi) is 2.96. The van der Waals surface area contributed by atoms with Crippen LogP contribution in [0.2, 0.25) is 5.02 Å². The molecule has 0 aliphatic rings. The Bertz CT molecular complexity index is 528. The van der Waals surface area contributed by atoms with Crippen molar-refractivity contribution in [1.82, 2.24) is 9.88 Å². The molecule has 1 aromatic carbocycles. The van der Waals surface area contributed by atoms with Crippen molar-refractivity contribution in [2.75, 3.05) is 7.05 Å². The van der Waals surface area contributed by atoms with Gasteiger partial charge in [0.05, 0.1) is 5.52 Å². The summed E-state index contributed by atoms with van der Waals surface area (Å²) in [6, 6.07) is 6.61. The van der Waals surface area contributed by atoms with E-state index >= 15 is 0 Å². The molecule has 0 saturated heterocycles. The van der Waals surface area contributed by atoms with E-state index in [0.29, 0.717) is 6.04 Å². The van der Waals surface area contributed by atoms with Crippen LogP contribution in [0.1, 0.15) is 24.2 Å². The molecule has 0 amide bonds. The number of nitrogens with zero attached hydrogens (tertiary/aromatic N) is 1. The zero-order valence-electron chi connectivity index (χ0n) is 10.1. The van der Waals surface area contributed by atoms with Crippen molar-refractivity contribution in [1.29, 1.82) is 0 Å². The highest BCUT2D eigenvalue weighted by molar-refractivity contribution is 6.32. The summed E-state index contributed by atoms with van der Waals surface area (Å²) in [5.41, 5.74) is 3.66. The minimum atomic E-state index is 0.343. The second-order valence-electron chi connectivity index (χ2n) is 4.25. The molecule has 1 N–H and O–H groups in total. The van der Waals surface area contributed by atoms with Crippen LogP contribution in [0, 0.1) is 6.92 Å². The monoisotopic (exact) mass is 236 g/mol. The second kappa shape index (κ2) is 4.11. The maximum Gasteiger partial charge on any atom is 0.0525 e. The Balaban J connectivity index is 2.74. The number of nitrogens with one attached hydrogen (secondary N) is 1. The second-order valence-corrected chi connectivity index (χ2v) is 4.66. The van der Waals surface area contributed by atoms with E-state index in [0.717, 1.165) is 10.6 Å². The fraction of sp³-hybridized carbons (Fsp3) is 0.385. The fourth-order valence-electron chi connectivity index (χ4n) is 2.21. The fourth-order valence-corrected chi connectivity index (χ4v) is 2.36. The summed E-state index contributed by atoms with van der Waals surface area (Å²) < 4.78 is 2.22. The van der Waals surface area contributed by atoms with Crippen LogP contribution < -0.4 is 5.32 Å². The lowest BCUT2D eigenvalue weighted by Gasteiger charge is -2.12. The third kappa shape index (κ3) is 1.62. The molecule has 86 valence electrons. The number of aromatic nitrogens is 1. The predicted octanol–water partition coefficient (Wildman–Crippen LogP) is 3.42. The molecule has 0 aliphatic carbocycles. The Labute approximate surface area is 101 Å². The van der Waals surface area contributed by atoms with Gasteiger partial charge in [0.1, 0.15) is 0 Å². The van der Waals surface area contributed by atoms with Gasteiger partial charge in [0.15, 0.2) is 0 Å². The molecule has 1 heterocycles. The first-order valence-electron chi connectivity index (χ1n) is 5.48. The number of rotatable bonds is 2. The van der Waals surface area contributed by atoms with E-state index in [2.05, 4.69) is 42.9 Å². The zero-order chi connectivity index (χ0) is 11.9. The molecule has 1 unspecified atom stereocenters. The maximum atomic E-state index is 6.15. The minimum absolute atomic E-state index is 0.343. The molecule has 0 bridgehead atoms. The molecule has 1 aromatic heterocycles. The van der Waals surface area contributed by atoms with Crippen LogP contribution in [-0.2, 0) is 7.05 Å². The van der Waals surface area contributed by atoms with Gasteiger partial charge in [-0.05, 0) is 38.6 Å². The van der Waals surface area contributed by atoms with Crippen LogP contribution in [0.5, 0.6) is 0 Å². The smallest absolute Gasteiger partial charge is 0.0525 e. The van der Waals surface area contributed by atoms with Crippen molar-refractivity contribution in [3.8, 4) is 0 Å². The first kappa shape index (κ1) is 11.5. The number of fused-ring (bicyclic) bond motifs is 1. The van der Waals surface area contributed by atoms with Gasteiger partial charge in [0.2, 0.25) is 0 Å². The number of benzene rings is 1.